The Balaban J connectivity index is 2.95. The number of rotatable bonds is 11. The normalized spacial score (nSPS) is 11.4. The first-order valence-corrected chi connectivity index (χ1v) is 8.70. The summed E-state index contributed by atoms with van der Waals surface area (Å²) in [6, 6.07) is 3.76. The Morgan fingerprint density at radius 1 is 1.30 bits per heavy atom. The number of ether oxygens (including phenoxy) is 1. The zero-order valence-corrected chi connectivity index (χ0v) is 13.7. The monoisotopic (exact) mass is 346 g/mol. The van der Waals surface area contributed by atoms with Crippen LogP contribution in [0.5, 0.6) is 0 Å². The zero-order chi connectivity index (χ0) is 17.3. The third-order valence-corrected chi connectivity index (χ3v) is 4.41. The number of sulfonamides is 1. The van der Waals surface area contributed by atoms with Gasteiger partial charge in [0.1, 0.15) is 4.90 Å². The number of aliphatic hydroxyl groups excluding tert-OH is 1. The van der Waals surface area contributed by atoms with Crippen LogP contribution in [-0.4, -0.2) is 57.5 Å². The number of carboxylic acid groups (broad SMARTS) is 1. The lowest BCUT2D eigenvalue weighted by molar-refractivity contribution is 0.0696. The Labute approximate surface area is 135 Å². The summed E-state index contributed by atoms with van der Waals surface area (Å²) < 4.78 is 32.3. The van der Waals surface area contributed by atoms with Crippen molar-refractivity contribution in [3.63, 3.8) is 0 Å². The number of hydrogen-bond acceptors (Lipinski definition) is 6. The van der Waals surface area contributed by atoms with E-state index in [2.05, 4.69) is 10.0 Å². The van der Waals surface area contributed by atoms with Gasteiger partial charge in [-0.05, 0) is 31.5 Å². The van der Waals surface area contributed by atoms with Gasteiger partial charge in [0, 0.05) is 26.3 Å². The van der Waals surface area contributed by atoms with Crippen LogP contribution >= 0.6 is 0 Å². The minimum atomic E-state index is -3.88. The maximum atomic E-state index is 12.4. The molecule has 0 aromatic heterocycles. The summed E-state index contributed by atoms with van der Waals surface area (Å²) in [5.74, 6) is -1.22. The van der Waals surface area contributed by atoms with E-state index in [0.717, 1.165) is 6.07 Å². The zero-order valence-electron chi connectivity index (χ0n) is 12.9. The summed E-state index contributed by atoms with van der Waals surface area (Å²) in [4.78, 5) is 10.9. The molecule has 1 aromatic carbocycles. The molecule has 0 atom stereocenters. The molecule has 0 heterocycles. The van der Waals surface area contributed by atoms with Gasteiger partial charge in [-0.2, -0.15) is 0 Å². The van der Waals surface area contributed by atoms with Crippen molar-refractivity contribution < 1.29 is 28.2 Å². The lowest BCUT2D eigenvalue weighted by Gasteiger charge is -2.13. The van der Waals surface area contributed by atoms with Crippen LogP contribution in [-0.2, 0) is 14.8 Å². The molecule has 0 radical (unpaired) electrons. The number of anilines is 1. The summed E-state index contributed by atoms with van der Waals surface area (Å²) >= 11 is 0. The Morgan fingerprint density at radius 3 is 2.65 bits per heavy atom. The van der Waals surface area contributed by atoms with E-state index < -0.39 is 16.0 Å². The first kappa shape index (κ1) is 19.4. The largest absolute Gasteiger partial charge is 0.478 e. The minimum Gasteiger partial charge on any atom is -0.478 e. The van der Waals surface area contributed by atoms with Crippen molar-refractivity contribution in [2.75, 3.05) is 38.2 Å². The van der Waals surface area contributed by atoms with Gasteiger partial charge in [-0.3, -0.25) is 0 Å². The Bertz CT molecular complexity index is 618. The van der Waals surface area contributed by atoms with Crippen LogP contribution in [0.2, 0.25) is 0 Å². The van der Waals surface area contributed by atoms with E-state index in [4.69, 9.17) is 14.9 Å². The first-order chi connectivity index (χ1) is 10.9. The maximum absolute atomic E-state index is 12.4. The second-order valence-corrected chi connectivity index (χ2v) is 6.35. The maximum Gasteiger partial charge on any atom is 0.335 e. The van der Waals surface area contributed by atoms with Crippen molar-refractivity contribution in [2.45, 2.75) is 18.2 Å². The van der Waals surface area contributed by atoms with Crippen molar-refractivity contribution in [3.05, 3.63) is 23.8 Å². The summed E-state index contributed by atoms with van der Waals surface area (Å²) in [6.07, 6.45) is 0.505. The van der Waals surface area contributed by atoms with E-state index >= 15 is 0 Å². The Kier molecular flexibility index (Phi) is 7.96. The third-order valence-electron chi connectivity index (χ3n) is 2.91. The molecule has 0 saturated carbocycles. The van der Waals surface area contributed by atoms with Crippen molar-refractivity contribution in [3.8, 4) is 0 Å². The highest BCUT2D eigenvalue weighted by Gasteiger charge is 2.20. The van der Waals surface area contributed by atoms with Crippen molar-refractivity contribution in [1.82, 2.24) is 4.72 Å². The fraction of sp³-hybridized carbons (Fsp3) is 0.500. The predicted octanol–water partition coefficient (Wildman–Crippen LogP) is 0.494. The van der Waals surface area contributed by atoms with Gasteiger partial charge in [0.2, 0.25) is 10.0 Å². The fourth-order valence-electron chi connectivity index (χ4n) is 1.82. The van der Waals surface area contributed by atoms with Gasteiger partial charge in [0.15, 0.2) is 0 Å². The number of carbonyl (C=O) groups is 1. The van der Waals surface area contributed by atoms with Gasteiger partial charge in [0.05, 0.1) is 17.9 Å². The van der Waals surface area contributed by atoms with Crippen LogP contribution in [0.4, 0.5) is 5.69 Å². The molecule has 23 heavy (non-hydrogen) atoms. The van der Waals surface area contributed by atoms with E-state index in [1.54, 1.807) is 0 Å². The third kappa shape index (κ3) is 6.14. The molecule has 0 amide bonds. The molecule has 0 aliphatic carbocycles. The molecule has 0 aliphatic rings. The van der Waals surface area contributed by atoms with Gasteiger partial charge >= 0.3 is 5.97 Å². The molecule has 130 valence electrons. The second-order valence-electron chi connectivity index (χ2n) is 4.61. The molecule has 0 fully saturated rings. The number of aliphatic hydroxyl groups is 1. The van der Waals surface area contributed by atoms with Crippen molar-refractivity contribution in [2.24, 2.45) is 0 Å². The SMILES string of the molecule is CCOCCCNS(=O)(=O)c1cc(C(=O)O)ccc1NCCO. The van der Waals surface area contributed by atoms with Crippen LogP contribution in [0.3, 0.4) is 0 Å². The topological polar surface area (TPSA) is 125 Å². The van der Waals surface area contributed by atoms with Crippen molar-refractivity contribution >= 4 is 21.7 Å². The highest BCUT2D eigenvalue weighted by Crippen LogP contribution is 2.22. The Hall–Kier alpha value is -1.68. The molecule has 8 nitrogen and oxygen atoms in total. The molecule has 0 unspecified atom stereocenters. The van der Waals surface area contributed by atoms with Gasteiger partial charge in [-0.25, -0.2) is 17.9 Å². The molecule has 0 spiro atoms. The van der Waals surface area contributed by atoms with E-state index in [-0.39, 0.29) is 35.8 Å². The number of nitrogens with one attached hydrogen (secondary N) is 2. The summed E-state index contributed by atoms with van der Waals surface area (Å²) in [5.41, 5.74) is 0.107. The van der Waals surface area contributed by atoms with E-state index in [0.29, 0.717) is 19.6 Å². The van der Waals surface area contributed by atoms with Gasteiger partial charge in [-0.1, -0.05) is 0 Å². The van der Waals surface area contributed by atoms with Crippen LogP contribution in [0.15, 0.2) is 23.1 Å². The second kappa shape index (κ2) is 9.46. The van der Waals surface area contributed by atoms with Crippen LogP contribution in [0, 0.1) is 0 Å². The van der Waals surface area contributed by atoms with E-state index in [9.17, 15) is 13.2 Å². The Morgan fingerprint density at radius 2 is 2.04 bits per heavy atom. The standard InChI is InChI=1S/C14H22N2O6S/c1-2-22-9-3-6-16-23(20,21)13-10-11(14(18)19)4-5-12(13)15-7-8-17/h4-5,10,15-17H,2-3,6-9H2,1H3,(H,18,19). The fourth-order valence-corrected chi connectivity index (χ4v) is 3.10. The highest BCUT2D eigenvalue weighted by molar-refractivity contribution is 7.89. The van der Waals surface area contributed by atoms with Crippen molar-refractivity contribution in [1.29, 1.82) is 0 Å². The van der Waals surface area contributed by atoms with E-state index in [1.807, 2.05) is 6.92 Å². The average molecular weight is 346 g/mol. The summed E-state index contributed by atoms with van der Waals surface area (Å²) in [7, 11) is -3.88. The molecule has 0 aliphatic heterocycles. The number of carboxylic acids is 1. The molecule has 1 rings (SSSR count). The van der Waals surface area contributed by atoms with Gasteiger partial charge < -0.3 is 20.3 Å². The van der Waals surface area contributed by atoms with Gasteiger partial charge in [-0.15, -0.1) is 0 Å². The molecular formula is C14H22N2O6S. The molecule has 9 heteroatoms. The highest BCUT2D eigenvalue weighted by atomic mass is 32.2. The quantitative estimate of drug-likeness (QED) is 0.430. The average Bonchev–Trinajstić information content (AvgIpc) is 2.52. The predicted molar refractivity (Wildman–Crippen MR) is 85.3 cm³/mol. The van der Waals surface area contributed by atoms with Crippen LogP contribution in [0.25, 0.3) is 0 Å². The summed E-state index contributed by atoms with van der Waals surface area (Å²) in [6.45, 7) is 2.99. The van der Waals surface area contributed by atoms with Gasteiger partial charge in [0.25, 0.3) is 0 Å². The number of benzene rings is 1. The lowest BCUT2D eigenvalue weighted by atomic mass is 10.2. The van der Waals surface area contributed by atoms with Crippen LogP contribution in [0.1, 0.15) is 23.7 Å². The minimum absolute atomic E-state index is 0.130. The first-order valence-electron chi connectivity index (χ1n) is 7.22. The summed E-state index contributed by atoms with van der Waals surface area (Å²) in [5, 5.41) is 20.6. The smallest absolute Gasteiger partial charge is 0.335 e. The van der Waals surface area contributed by atoms with Crippen LogP contribution < -0.4 is 10.0 Å². The molecular weight excluding hydrogens is 324 g/mol. The number of aromatic carboxylic acids is 1. The molecule has 1 aromatic rings. The van der Waals surface area contributed by atoms with E-state index in [1.165, 1.54) is 12.1 Å². The molecule has 0 saturated heterocycles. The number of hydrogen-bond donors (Lipinski definition) is 4. The molecule has 4 N–H and O–H groups in total. The molecule has 0 bridgehead atoms. The lowest BCUT2D eigenvalue weighted by Crippen LogP contribution is -2.27.